The van der Waals surface area contributed by atoms with Crippen LogP contribution in [-0.4, -0.2) is 0 Å². The Morgan fingerprint density at radius 1 is 1.44 bits per heavy atom. The zero-order valence-corrected chi connectivity index (χ0v) is 7.33. The summed E-state index contributed by atoms with van der Waals surface area (Å²) in [5.41, 5.74) is 0. The zero-order valence-electron chi connectivity index (χ0n) is 4.99. The molecule has 0 atom stereocenters. The SMILES string of the molecule is Clc1[c-]cc(Br)cc1.[Li+]. The summed E-state index contributed by atoms with van der Waals surface area (Å²) in [5.74, 6) is 0. The molecule has 0 heterocycles. The van der Waals surface area contributed by atoms with E-state index >= 15 is 0 Å². The Kier molecular flexibility index (Phi) is 4.70. The minimum absolute atomic E-state index is 0. The topological polar surface area (TPSA) is 0 Å². The van der Waals surface area contributed by atoms with E-state index in [2.05, 4.69) is 22.0 Å². The molecule has 0 bridgehead atoms. The van der Waals surface area contributed by atoms with Gasteiger partial charge in [0.1, 0.15) is 0 Å². The van der Waals surface area contributed by atoms with Gasteiger partial charge in [0.25, 0.3) is 0 Å². The molecule has 42 valence electrons. The molecule has 0 radical (unpaired) electrons. The standard InChI is InChI=1S/C6H3BrCl.Li/c7-5-1-3-6(8)4-2-5;/h1-3H;/q-1;+1. The Morgan fingerprint density at radius 2 is 2.11 bits per heavy atom. The second kappa shape index (κ2) is 4.41. The molecule has 0 fully saturated rings. The second-order valence-corrected chi connectivity index (χ2v) is 2.68. The number of halogens is 2. The fraction of sp³-hybridized carbons (Fsp3) is 0. The summed E-state index contributed by atoms with van der Waals surface area (Å²) in [7, 11) is 0. The monoisotopic (exact) mass is 196 g/mol. The number of hydrogen-bond donors (Lipinski definition) is 0. The van der Waals surface area contributed by atoms with Gasteiger partial charge in [0.2, 0.25) is 0 Å². The predicted octanol–water partition coefficient (Wildman–Crippen LogP) is -0.0933. The Balaban J connectivity index is 0.000000640. The molecule has 3 heteroatoms. The van der Waals surface area contributed by atoms with Crippen molar-refractivity contribution in [3.63, 3.8) is 0 Å². The average molecular weight is 197 g/mol. The third-order valence-corrected chi connectivity index (χ3v) is 1.47. The molecule has 0 N–H and O–H groups in total. The average Bonchev–Trinajstić information content (AvgIpc) is 1.77. The number of benzene rings is 1. The third-order valence-electron chi connectivity index (χ3n) is 0.737. The molecule has 0 aliphatic rings. The number of rotatable bonds is 0. The first-order chi connectivity index (χ1) is 3.79. The van der Waals surface area contributed by atoms with Gasteiger partial charge in [0.15, 0.2) is 0 Å². The van der Waals surface area contributed by atoms with Crippen LogP contribution in [0.5, 0.6) is 0 Å². The summed E-state index contributed by atoms with van der Waals surface area (Å²) >= 11 is 8.79. The van der Waals surface area contributed by atoms with Gasteiger partial charge in [-0.15, -0.1) is 27.5 Å². The van der Waals surface area contributed by atoms with E-state index in [0.29, 0.717) is 5.02 Å². The maximum absolute atomic E-state index is 5.54. The first-order valence-corrected chi connectivity index (χ1v) is 3.29. The van der Waals surface area contributed by atoms with E-state index < -0.39 is 0 Å². The van der Waals surface area contributed by atoms with Crippen LogP contribution in [0.3, 0.4) is 0 Å². The van der Waals surface area contributed by atoms with Crippen molar-refractivity contribution in [3.05, 3.63) is 33.8 Å². The Morgan fingerprint density at radius 3 is 2.44 bits per heavy atom. The van der Waals surface area contributed by atoms with Crippen molar-refractivity contribution in [2.45, 2.75) is 0 Å². The molecule has 0 aliphatic carbocycles. The molecule has 0 saturated carbocycles. The van der Waals surface area contributed by atoms with E-state index in [0.717, 1.165) is 4.47 Å². The van der Waals surface area contributed by atoms with Gasteiger partial charge in [-0.2, -0.15) is 24.3 Å². The molecule has 9 heavy (non-hydrogen) atoms. The normalized spacial score (nSPS) is 8.22. The van der Waals surface area contributed by atoms with Gasteiger partial charge >= 0.3 is 18.9 Å². The first-order valence-electron chi connectivity index (χ1n) is 2.12. The van der Waals surface area contributed by atoms with Gasteiger partial charge in [-0.1, -0.05) is 9.50 Å². The largest absolute Gasteiger partial charge is 1.00 e. The van der Waals surface area contributed by atoms with E-state index in [1.807, 2.05) is 6.07 Å². The summed E-state index contributed by atoms with van der Waals surface area (Å²) in [4.78, 5) is 0. The molecular formula is C6H3BrClLi. The van der Waals surface area contributed by atoms with Crippen LogP contribution < -0.4 is 18.9 Å². The second-order valence-electron chi connectivity index (χ2n) is 1.35. The molecule has 0 aliphatic heterocycles. The van der Waals surface area contributed by atoms with Crippen LogP contribution in [0.2, 0.25) is 5.02 Å². The predicted molar refractivity (Wildman–Crippen MR) is 38.0 cm³/mol. The molecule has 0 saturated heterocycles. The molecule has 0 spiro atoms. The Labute approximate surface area is 79.9 Å². The van der Waals surface area contributed by atoms with Crippen LogP contribution in [0.4, 0.5) is 0 Å². The van der Waals surface area contributed by atoms with Gasteiger partial charge in [-0.3, -0.25) is 0 Å². The van der Waals surface area contributed by atoms with E-state index in [9.17, 15) is 0 Å². The van der Waals surface area contributed by atoms with Crippen LogP contribution in [0.15, 0.2) is 22.7 Å². The van der Waals surface area contributed by atoms with Gasteiger partial charge in [0.05, 0.1) is 0 Å². The Bertz CT molecular complexity index is 152. The molecule has 1 aromatic rings. The molecule has 1 rings (SSSR count). The first kappa shape index (κ1) is 9.59. The van der Waals surface area contributed by atoms with E-state index in [1.54, 1.807) is 12.1 Å². The minimum Gasteiger partial charge on any atom is -0.163 e. The van der Waals surface area contributed by atoms with E-state index in [1.165, 1.54) is 0 Å². The van der Waals surface area contributed by atoms with Crippen molar-refractivity contribution < 1.29 is 18.9 Å². The molecule has 1 aromatic carbocycles. The van der Waals surface area contributed by atoms with Gasteiger partial charge in [-0.25, -0.2) is 0 Å². The van der Waals surface area contributed by atoms with E-state index in [-0.39, 0.29) is 18.9 Å². The van der Waals surface area contributed by atoms with Crippen molar-refractivity contribution in [1.82, 2.24) is 0 Å². The van der Waals surface area contributed by atoms with Crippen LogP contribution in [0.1, 0.15) is 0 Å². The summed E-state index contributed by atoms with van der Waals surface area (Å²) in [6.45, 7) is 0. The van der Waals surface area contributed by atoms with Crippen molar-refractivity contribution in [3.8, 4) is 0 Å². The summed E-state index contributed by atoms with van der Waals surface area (Å²) in [6, 6.07) is 8.26. The van der Waals surface area contributed by atoms with E-state index in [4.69, 9.17) is 11.6 Å². The zero-order chi connectivity index (χ0) is 5.98. The summed E-state index contributed by atoms with van der Waals surface area (Å²) in [6.07, 6.45) is 0. The van der Waals surface area contributed by atoms with Crippen molar-refractivity contribution in [2.75, 3.05) is 0 Å². The summed E-state index contributed by atoms with van der Waals surface area (Å²) in [5, 5.41) is 0.646. The smallest absolute Gasteiger partial charge is 0.163 e. The maximum atomic E-state index is 5.54. The Hall–Kier alpha value is 0.587. The number of hydrogen-bond acceptors (Lipinski definition) is 0. The molecule has 0 unspecified atom stereocenters. The quantitative estimate of drug-likeness (QED) is 0.403. The molecule has 0 aromatic heterocycles. The molecular weight excluding hydrogens is 194 g/mol. The third kappa shape index (κ3) is 3.32. The van der Waals surface area contributed by atoms with Gasteiger partial charge < -0.3 is 0 Å². The van der Waals surface area contributed by atoms with Gasteiger partial charge in [-0.05, 0) is 0 Å². The van der Waals surface area contributed by atoms with Crippen LogP contribution >= 0.6 is 27.5 Å². The fourth-order valence-corrected chi connectivity index (χ4v) is 0.751. The van der Waals surface area contributed by atoms with Crippen LogP contribution in [0, 0.1) is 6.07 Å². The molecule has 0 amide bonds. The van der Waals surface area contributed by atoms with Crippen molar-refractivity contribution >= 4 is 27.5 Å². The van der Waals surface area contributed by atoms with Crippen molar-refractivity contribution in [2.24, 2.45) is 0 Å². The maximum Gasteiger partial charge on any atom is 1.00 e. The van der Waals surface area contributed by atoms with Gasteiger partial charge in [0, 0.05) is 0 Å². The van der Waals surface area contributed by atoms with Crippen molar-refractivity contribution in [1.29, 1.82) is 0 Å². The summed E-state index contributed by atoms with van der Waals surface area (Å²) < 4.78 is 1.00. The molecule has 0 nitrogen and oxygen atoms in total. The van der Waals surface area contributed by atoms with Crippen LogP contribution in [0.25, 0.3) is 0 Å². The van der Waals surface area contributed by atoms with Crippen LogP contribution in [-0.2, 0) is 0 Å². The fourth-order valence-electron chi connectivity index (χ4n) is 0.387. The minimum atomic E-state index is 0.